The Morgan fingerprint density at radius 1 is 1.50 bits per heavy atom. The Labute approximate surface area is 100 Å². The molecule has 0 bridgehead atoms. The van der Waals surface area contributed by atoms with E-state index in [-0.39, 0.29) is 0 Å². The van der Waals surface area contributed by atoms with Gasteiger partial charge < -0.3 is 16.4 Å². The first kappa shape index (κ1) is 13.0. The molecule has 0 fully saturated rings. The fourth-order valence-electron chi connectivity index (χ4n) is 1.55. The van der Waals surface area contributed by atoms with Crippen LogP contribution in [-0.2, 0) is 0 Å². The van der Waals surface area contributed by atoms with E-state index >= 15 is 0 Å². The fraction of sp³-hybridized carbons (Fsp3) is 0.545. The fourth-order valence-corrected chi connectivity index (χ4v) is 2.52. The number of rotatable bonds is 6. The van der Waals surface area contributed by atoms with Crippen molar-refractivity contribution >= 4 is 17.4 Å². The molecule has 5 heteroatoms. The Bertz CT molecular complexity index is 311. The van der Waals surface area contributed by atoms with Crippen LogP contribution in [-0.4, -0.2) is 19.1 Å². The van der Waals surface area contributed by atoms with E-state index in [9.17, 15) is 4.79 Å². The van der Waals surface area contributed by atoms with Gasteiger partial charge in [0.15, 0.2) is 0 Å². The van der Waals surface area contributed by atoms with Gasteiger partial charge in [0.2, 0.25) is 0 Å². The van der Waals surface area contributed by atoms with Gasteiger partial charge in [-0.1, -0.05) is 19.9 Å². The molecule has 1 aromatic rings. The van der Waals surface area contributed by atoms with E-state index in [1.165, 1.54) is 4.88 Å². The van der Waals surface area contributed by atoms with Gasteiger partial charge in [0, 0.05) is 24.0 Å². The number of hydrogen-bond acceptors (Lipinski definition) is 3. The summed E-state index contributed by atoms with van der Waals surface area (Å²) in [5.41, 5.74) is 4.99. The third-order valence-corrected chi connectivity index (χ3v) is 3.26. The van der Waals surface area contributed by atoms with Crippen molar-refractivity contribution in [1.82, 2.24) is 10.6 Å². The molecule has 0 spiro atoms. The first-order valence-corrected chi connectivity index (χ1v) is 6.29. The molecule has 0 aliphatic rings. The Hall–Kier alpha value is -1.07. The third-order valence-electron chi connectivity index (χ3n) is 2.30. The van der Waals surface area contributed by atoms with E-state index in [0.29, 0.717) is 18.5 Å². The lowest BCUT2D eigenvalue weighted by Gasteiger charge is -2.21. The largest absolute Gasteiger partial charge is 0.352 e. The summed E-state index contributed by atoms with van der Waals surface area (Å²) in [6.07, 6.45) is 0. The molecule has 0 aliphatic heterocycles. The number of nitrogens with one attached hydrogen (secondary N) is 2. The highest BCUT2D eigenvalue weighted by atomic mass is 32.1. The SMILES string of the molecule is CC(C)C(NCCNC(N)=O)c1cccs1. The van der Waals surface area contributed by atoms with Gasteiger partial charge in [-0.05, 0) is 17.4 Å². The molecule has 4 N–H and O–H groups in total. The second kappa shape index (κ2) is 6.50. The second-order valence-corrected chi connectivity index (χ2v) is 4.96. The van der Waals surface area contributed by atoms with Crippen molar-refractivity contribution in [3.8, 4) is 0 Å². The van der Waals surface area contributed by atoms with Crippen molar-refractivity contribution in [3.63, 3.8) is 0 Å². The van der Waals surface area contributed by atoms with Crippen molar-refractivity contribution in [1.29, 1.82) is 0 Å². The molecule has 0 aliphatic carbocycles. The van der Waals surface area contributed by atoms with Crippen molar-refractivity contribution < 1.29 is 4.79 Å². The van der Waals surface area contributed by atoms with Gasteiger partial charge in [-0.25, -0.2) is 4.79 Å². The number of primary amides is 1. The van der Waals surface area contributed by atoms with Gasteiger partial charge in [0.1, 0.15) is 0 Å². The summed E-state index contributed by atoms with van der Waals surface area (Å²) in [5.74, 6) is 0.521. The van der Waals surface area contributed by atoms with Gasteiger partial charge in [0.25, 0.3) is 0 Å². The van der Waals surface area contributed by atoms with Crippen LogP contribution in [0.25, 0.3) is 0 Å². The number of hydrogen-bond donors (Lipinski definition) is 3. The van der Waals surface area contributed by atoms with Crippen LogP contribution in [0.2, 0.25) is 0 Å². The molecule has 1 rings (SSSR count). The summed E-state index contributed by atoms with van der Waals surface area (Å²) >= 11 is 1.75. The average molecular weight is 241 g/mol. The maximum absolute atomic E-state index is 10.5. The van der Waals surface area contributed by atoms with Gasteiger partial charge in [-0.3, -0.25) is 0 Å². The van der Waals surface area contributed by atoms with Crippen LogP contribution >= 0.6 is 11.3 Å². The highest BCUT2D eigenvalue weighted by Crippen LogP contribution is 2.25. The molecule has 2 amide bonds. The topological polar surface area (TPSA) is 67.2 Å². The second-order valence-electron chi connectivity index (χ2n) is 3.98. The molecule has 0 saturated carbocycles. The number of carbonyl (C=O) groups excluding carboxylic acids is 1. The van der Waals surface area contributed by atoms with Crippen molar-refractivity contribution in [2.75, 3.05) is 13.1 Å². The van der Waals surface area contributed by atoms with Gasteiger partial charge >= 0.3 is 6.03 Å². The number of thiophene rings is 1. The highest BCUT2D eigenvalue weighted by Gasteiger charge is 2.15. The maximum atomic E-state index is 10.5. The quantitative estimate of drug-likeness (QED) is 0.664. The number of urea groups is 1. The van der Waals surface area contributed by atoms with Gasteiger partial charge in [-0.2, -0.15) is 0 Å². The lowest BCUT2D eigenvalue weighted by Crippen LogP contribution is -2.37. The summed E-state index contributed by atoms with van der Waals surface area (Å²) in [7, 11) is 0. The van der Waals surface area contributed by atoms with E-state index in [1.807, 2.05) is 0 Å². The minimum absolute atomic E-state index is 0.342. The third kappa shape index (κ3) is 4.20. The zero-order valence-corrected chi connectivity index (χ0v) is 10.5. The molecule has 90 valence electrons. The molecule has 0 saturated heterocycles. The van der Waals surface area contributed by atoms with Gasteiger partial charge in [-0.15, -0.1) is 11.3 Å². The van der Waals surface area contributed by atoms with E-state index < -0.39 is 6.03 Å². The maximum Gasteiger partial charge on any atom is 0.312 e. The standard InChI is InChI=1S/C11H19N3OS/c1-8(2)10(9-4-3-7-16-9)13-5-6-14-11(12)15/h3-4,7-8,10,13H,5-6H2,1-2H3,(H3,12,14,15). The summed E-state index contributed by atoms with van der Waals surface area (Å²) in [6, 6.07) is 4.05. The van der Waals surface area contributed by atoms with Crippen LogP contribution in [0, 0.1) is 5.92 Å². The minimum atomic E-state index is -0.473. The number of amides is 2. The zero-order chi connectivity index (χ0) is 12.0. The first-order chi connectivity index (χ1) is 7.61. The van der Waals surface area contributed by atoms with E-state index in [0.717, 1.165) is 6.54 Å². The van der Waals surface area contributed by atoms with E-state index in [4.69, 9.17) is 5.73 Å². The smallest absolute Gasteiger partial charge is 0.312 e. The first-order valence-electron chi connectivity index (χ1n) is 5.41. The molecular weight excluding hydrogens is 222 g/mol. The molecule has 16 heavy (non-hydrogen) atoms. The van der Waals surface area contributed by atoms with Crippen LogP contribution in [0.3, 0.4) is 0 Å². The van der Waals surface area contributed by atoms with Crippen molar-refractivity contribution in [2.45, 2.75) is 19.9 Å². The molecule has 0 aromatic carbocycles. The Morgan fingerprint density at radius 3 is 2.75 bits per heavy atom. The number of nitrogens with two attached hydrogens (primary N) is 1. The lowest BCUT2D eigenvalue weighted by molar-refractivity contribution is 0.248. The molecule has 1 heterocycles. The average Bonchev–Trinajstić information content (AvgIpc) is 2.69. The predicted octanol–water partition coefficient (Wildman–Crippen LogP) is 1.70. The normalized spacial score (nSPS) is 12.7. The Morgan fingerprint density at radius 2 is 2.25 bits per heavy atom. The molecule has 1 aromatic heterocycles. The monoisotopic (exact) mass is 241 g/mol. The Balaban J connectivity index is 2.38. The molecule has 1 atom stereocenters. The molecular formula is C11H19N3OS. The highest BCUT2D eigenvalue weighted by molar-refractivity contribution is 7.10. The lowest BCUT2D eigenvalue weighted by atomic mass is 10.0. The van der Waals surface area contributed by atoms with Crippen LogP contribution in [0.5, 0.6) is 0 Å². The minimum Gasteiger partial charge on any atom is -0.352 e. The zero-order valence-electron chi connectivity index (χ0n) is 9.69. The van der Waals surface area contributed by atoms with Crippen LogP contribution in [0.4, 0.5) is 4.79 Å². The van der Waals surface area contributed by atoms with Crippen LogP contribution in [0.15, 0.2) is 17.5 Å². The van der Waals surface area contributed by atoms with Crippen molar-refractivity contribution in [2.24, 2.45) is 11.7 Å². The van der Waals surface area contributed by atoms with E-state index in [2.05, 4.69) is 42.0 Å². The van der Waals surface area contributed by atoms with Gasteiger partial charge in [0.05, 0.1) is 0 Å². The van der Waals surface area contributed by atoms with Crippen molar-refractivity contribution in [3.05, 3.63) is 22.4 Å². The summed E-state index contributed by atoms with van der Waals surface area (Å²) in [6.45, 7) is 5.64. The summed E-state index contributed by atoms with van der Waals surface area (Å²) < 4.78 is 0. The number of carbonyl (C=O) groups is 1. The Kier molecular flexibility index (Phi) is 5.28. The summed E-state index contributed by atoms with van der Waals surface area (Å²) in [5, 5.41) is 8.06. The molecule has 4 nitrogen and oxygen atoms in total. The van der Waals surface area contributed by atoms with E-state index in [1.54, 1.807) is 11.3 Å². The molecule has 1 unspecified atom stereocenters. The van der Waals surface area contributed by atoms with Crippen LogP contribution in [0.1, 0.15) is 24.8 Å². The predicted molar refractivity (Wildman–Crippen MR) is 67.5 cm³/mol. The summed E-state index contributed by atoms with van der Waals surface area (Å²) in [4.78, 5) is 11.8. The van der Waals surface area contributed by atoms with Crippen LogP contribution < -0.4 is 16.4 Å². The molecule has 0 radical (unpaired) electrons.